The van der Waals surface area contributed by atoms with Gasteiger partial charge in [0.2, 0.25) is 5.89 Å². The molecule has 1 saturated heterocycles. The molecule has 1 aliphatic rings. The van der Waals surface area contributed by atoms with Gasteiger partial charge in [-0.15, -0.1) is 0 Å². The Bertz CT molecular complexity index is 602. The molecule has 0 radical (unpaired) electrons. The van der Waals surface area contributed by atoms with Gasteiger partial charge in [0, 0.05) is 37.3 Å². The first-order chi connectivity index (χ1) is 10.1. The zero-order valence-electron chi connectivity index (χ0n) is 12.8. The van der Waals surface area contributed by atoms with E-state index in [0.29, 0.717) is 5.92 Å². The molecule has 3 heterocycles. The second-order valence-corrected chi connectivity index (χ2v) is 5.87. The van der Waals surface area contributed by atoms with Gasteiger partial charge in [0.05, 0.1) is 5.69 Å². The minimum Gasteiger partial charge on any atom is -0.355 e. The van der Waals surface area contributed by atoms with Crippen LogP contribution in [0.3, 0.4) is 0 Å². The summed E-state index contributed by atoms with van der Waals surface area (Å²) in [5.41, 5.74) is 0.984. The Morgan fingerprint density at radius 1 is 1.19 bits per heavy atom. The highest BCUT2D eigenvalue weighted by Crippen LogP contribution is 2.29. The van der Waals surface area contributed by atoms with Crippen LogP contribution in [0.25, 0.3) is 0 Å². The van der Waals surface area contributed by atoms with Gasteiger partial charge < -0.3 is 9.42 Å². The highest BCUT2D eigenvalue weighted by atomic mass is 16.5. The van der Waals surface area contributed by atoms with Crippen LogP contribution in [0, 0.1) is 6.92 Å². The standard InChI is InChI=1S/C15H21N5O/c1-10(2)15-18-13(19-21-15)12-4-8-20(9-5-12)14-11(3)16-6-7-17-14/h6-7,10,12H,4-5,8-9H2,1-3H3. The summed E-state index contributed by atoms with van der Waals surface area (Å²) < 4.78 is 5.31. The quantitative estimate of drug-likeness (QED) is 0.864. The van der Waals surface area contributed by atoms with Crippen LogP contribution in [0.15, 0.2) is 16.9 Å². The Labute approximate surface area is 124 Å². The smallest absolute Gasteiger partial charge is 0.229 e. The largest absolute Gasteiger partial charge is 0.355 e. The Hall–Kier alpha value is -1.98. The normalized spacial score (nSPS) is 16.7. The van der Waals surface area contributed by atoms with Crippen molar-refractivity contribution in [3.8, 4) is 0 Å². The predicted molar refractivity (Wildman–Crippen MR) is 79.3 cm³/mol. The van der Waals surface area contributed by atoms with Crippen LogP contribution in [0.1, 0.15) is 55.9 Å². The highest BCUT2D eigenvalue weighted by Gasteiger charge is 2.26. The van der Waals surface area contributed by atoms with E-state index in [0.717, 1.165) is 49.2 Å². The molecule has 3 rings (SSSR count). The van der Waals surface area contributed by atoms with Gasteiger partial charge in [-0.1, -0.05) is 19.0 Å². The van der Waals surface area contributed by atoms with Gasteiger partial charge in [0.15, 0.2) is 5.82 Å². The maximum Gasteiger partial charge on any atom is 0.229 e. The molecule has 0 saturated carbocycles. The molecule has 6 nitrogen and oxygen atoms in total. The molecule has 0 N–H and O–H groups in total. The number of nitrogens with zero attached hydrogens (tertiary/aromatic N) is 5. The lowest BCUT2D eigenvalue weighted by Crippen LogP contribution is -2.34. The number of piperidine rings is 1. The van der Waals surface area contributed by atoms with Crippen LogP contribution in [-0.2, 0) is 0 Å². The molecule has 0 atom stereocenters. The number of rotatable bonds is 3. The number of aromatic nitrogens is 4. The van der Waals surface area contributed by atoms with Crippen molar-refractivity contribution in [2.45, 2.75) is 45.4 Å². The van der Waals surface area contributed by atoms with E-state index in [1.165, 1.54) is 0 Å². The third-order valence-electron chi connectivity index (χ3n) is 3.97. The number of anilines is 1. The number of hydrogen-bond acceptors (Lipinski definition) is 6. The van der Waals surface area contributed by atoms with Gasteiger partial charge in [-0.25, -0.2) is 4.98 Å². The summed E-state index contributed by atoms with van der Waals surface area (Å²) in [5.74, 6) is 3.25. The minimum atomic E-state index is 0.286. The molecule has 112 valence electrons. The molecule has 0 aromatic carbocycles. The second-order valence-electron chi connectivity index (χ2n) is 5.87. The van der Waals surface area contributed by atoms with E-state index in [-0.39, 0.29) is 5.92 Å². The van der Waals surface area contributed by atoms with E-state index in [1.54, 1.807) is 12.4 Å². The van der Waals surface area contributed by atoms with Crippen molar-refractivity contribution in [3.05, 3.63) is 29.8 Å². The fourth-order valence-electron chi connectivity index (χ4n) is 2.71. The SMILES string of the molecule is Cc1nccnc1N1CCC(c2noc(C(C)C)n2)CC1. The maximum atomic E-state index is 5.31. The van der Waals surface area contributed by atoms with Crippen molar-refractivity contribution in [1.29, 1.82) is 0 Å². The van der Waals surface area contributed by atoms with Crippen molar-refractivity contribution in [3.63, 3.8) is 0 Å². The van der Waals surface area contributed by atoms with Crippen LogP contribution >= 0.6 is 0 Å². The first kappa shape index (κ1) is 14.0. The zero-order chi connectivity index (χ0) is 14.8. The van der Waals surface area contributed by atoms with E-state index in [2.05, 4.69) is 38.9 Å². The summed E-state index contributed by atoms with van der Waals surface area (Å²) in [6, 6.07) is 0. The average Bonchev–Trinajstić information content (AvgIpc) is 2.98. The molecule has 0 spiro atoms. The van der Waals surface area contributed by atoms with Crippen molar-refractivity contribution in [1.82, 2.24) is 20.1 Å². The zero-order valence-corrected chi connectivity index (χ0v) is 12.8. The summed E-state index contributed by atoms with van der Waals surface area (Å²) in [4.78, 5) is 15.6. The molecule has 2 aromatic heterocycles. The Morgan fingerprint density at radius 2 is 1.90 bits per heavy atom. The van der Waals surface area contributed by atoms with Gasteiger partial charge in [-0.2, -0.15) is 4.98 Å². The van der Waals surface area contributed by atoms with E-state index in [4.69, 9.17) is 4.52 Å². The lowest BCUT2D eigenvalue weighted by molar-refractivity contribution is 0.353. The Morgan fingerprint density at radius 3 is 2.52 bits per heavy atom. The molecule has 0 unspecified atom stereocenters. The Balaban J connectivity index is 1.66. The van der Waals surface area contributed by atoms with E-state index in [1.807, 2.05) is 6.92 Å². The van der Waals surface area contributed by atoms with E-state index in [9.17, 15) is 0 Å². The second kappa shape index (κ2) is 5.79. The van der Waals surface area contributed by atoms with E-state index >= 15 is 0 Å². The molecule has 0 aliphatic carbocycles. The van der Waals surface area contributed by atoms with Gasteiger partial charge in [-0.05, 0) is 19.8 Å². The predicted octanol–water partition coefficient (Wildman–Crippen LogP) is 2.68. The molecular formula is C15H21N5O. The van der Waals surface area contributed by atoms with Gasteiger partial charge in [0.25, 0.3) is 0 Å². The minimum absolute atomic E-state index is 0.286. The monoisotopic (exact) mass is 287 g/mol. The van der Waals surface area contributed by atoms with Gasteiger partial charge in [0.1, 0.15) is 5.82 Å². The van der Waals surface area contributed by atoms with Crippen molar-refractivity contribution in [2.24, 2.45) is 0 Å². The molecule has 0 amide bonds. The fourth-order valence-corrected chi connectivity index (χ4v) is 2.71. The van der Waals surface area contributed by atoms with Crippen LogP contribution in [0.4, 0.5) is 5.82 Å². The third-order valence-corrected chi connectivity index (χ3v) is 3.97. The lowest BCUT2D eigenvalue weighted by Gasteiger charge is -2.31. The molecule has 0 bridgehead atoms. The Kier molecular flexibility index (Phi) is 3.86. The molecule has 1 aliphatic heterocycles. The summed E-state index contributed by atoms with van der Waals surface area (Å²) >= 11 is 0. The first-order valence-corrected chi connectivity index (χ1v) is 7.51. The van der Waals surface area contributed by atoms with Gasteiger partial charge >= 0.3 is 0 Å². The summed E-state index contributed by atoms with van der Waals surface area (Å²) in [7, 11) is 0. The van der Waals surface area contributed by atoms with Crippen LogP contribution < -0.4 is 4.90 Å². The topological polar surface area (TPSA) is 67.9 Å². The fraction of sp³-hybridized carbons (Fsp3) is 0.600. The van der Waals surface area contributed by atoms with Gasteiger partial charge in [-0.3, -0.25) is 4.98 Å². The van der Waals surface area contributed by atoms with Crippen LogP contribution in [0.5, 0.6) is 0 Å². The maximum absolute atomic E-state index is 5.31. The van der Waals surface area contributed by atoms with Crippen molar-refractivity contribution >= 4 is 5.82 Å². The first-order valence-electron chi connectivity index (χ1n) is 7.51. The average molecular weight is 287 g/mol. The molecule has 2 aromatic rings. The number of hydrogen-bond donors (Lipinski definition) is 0. The van der Waals surface area contributed by atoms with Crippen molar-refractivity contribution in [2.75, 3.05) is 18.0 Å². The highest BCUT2D eigenvalue weighted by molar-refractivity contribution is 5.42. The summed E-state index contributed by atoms with van der Waals surface area (Å²) in [6.45, 7) is 8.04. The number of aryl methyl sites for hydroxylation is 1. The van der Waals surface area contributed by atoms with Crippen LogP contribution in [-0.4, -0.2) is 33.2 Å². The molecule has 21 heavy (non-hydrogen) atoms. The third kappa shape index (κ3) is 2.89. The molecule has 6 heteroatoms. The summed E-state index contributed by atoms with van der Waals surface area (Å²) in [6.07, 6.45) is 5.53. The lowest BCUT2D eigenvalue weighted by atomic mass is 9.96. The summed E-state index contributed by atoms with van der Waals surface area (Å²) in [5, 5.41) is 4.14. The van der Waals surface area contributed by atoms with Crippen LogP contribution in [0.2, 0.25) is 0 Å². The van der Waals surface area contributed by atoms with E-state index < -0.39 is 0 Å². The molecule has 1 fully saturated rings. The molecular weight excluding hydrogens is 266 g/mol. The van der Waals surface area contributed by atoms with Crippen molar-refractivity contribution < 1.29 is 4.52 Å².